The van der Waals surface area contributed by atoms with Crippen molar-refractivity contribution < 1.29 is 53.4 Å². The third-order valence-electron chi connectivity index (χ3n) is 9.61. The molecular weight excluding hydrogens is 763 g/mol. The first-order valence-corrected chi connectivity index (χ1v) is 18.4. The number of ether oxygens (including phenoxy) is 3. The minimum Gasteiger partial charge on any atom is -0.458 e. The van der Waals surface area contributed by atoms with Gasteiger partial charge in [-0.05, 0) is 43.0 Å². The maximum Gasteiger partial charge on any atom is 0.343 e. The number of hydrazine groups is 1. The van der Waals surface area contributed by atoms with Gasteiger partial charge in [-0.2, -0.15) is 0 Å². The number of carbonyl (C=O) groups is 5. The monoisotopic (exact) mass is 811 g/mol. The summed E-state index contributed by atoms with van der Waals surface area (Å²) >= 11 is 0. The van der Waals surface area contributed by atoms with Crippen molar-refractivity contribution in [2.24, 2.45) is 11.6 Å². The molecule has 0 bridgehead atoms. The van der Waals surface area contributed by atoms with Gasteiger partial charge >= 0.3 is 5.97 Å². The third-order valence-corrected chi connectivity index (χ3v) is 9.61. The number of rotatable bonds is 19. The van der Waals surface area contributed by atoms with E-state index in [1.54, 1.807) is 32.2 Å². The van der Waals surface area contributed by atoms with Crippen molar-refractivity contribution in [2.75, 3.05) is 46.3 Å². The molecule has 1 atom stereocenters. The maximum atomic E-state index is 14.8. The molecule has 3 aromatic rings. The van der Waals surface area contributed by atoms with Gasteiger partial charge in [-0.3, -0.25) is 24.0 Å². The maximum absolute atomic E-state index is 14.8. The number of halogens is 1. The summed E-state index contributed by atoms with van der Waals surface area (Å²) in [6.45, 7) is 1.81. The Kier molecular flexibility index (Phi) is 14.2. The Bertz CT molecular complexity index is 2200. The van der Waals surface area contributed by atoms with Crippen LogP contribution in [0.2, 0.25) is 0 Å². The van der Waals surface area contributed by atoms with Crippen molar-refractivity contribution in [3.05, 3.63) is 74.1 Å². The average Bonchev–Trinajstić information content (AvgIpc) is 3.56. The Morgan fingerprint density at radius 3 is 2.43 bits per heavy atom. The molecule has 2 aliphatic rings. The smallest absolute Gasteiger partial charge is 0.343 e. The molecule has 4 heterocycles. The molecule has 4 amide bonds. The normalized spacial score (nSPS) is 15.6. The van der Waals surface area contributed by atoms with Gasteiger partial charge in [0, 0.05) is 35.5 Å². The Hall–Kier alpha value is -5.84. The van der Waals surface area contributed by atoms with Crippen LogP contribution in [0, 0.1) is 12.7 Å². The highest BCUT2D eigenvalue weighted by atomic mass is 19.1. The van der Waals surface area contributed by atoms with E-state index in [2.05, 4.69) is 27.0 Å². The SMILES string of the molecule is CC[C@@]1(O)C(=O)OCc2c1cc1n(c2=O)Cc2c-1nc1cc(F)c(C)cc1c2CN(N)/C=C(\[NH3+])CCCNC(=O)COCNC(=O)CNC(=O)COCNC(=O)CN. The molecule has 0 aliphatic carbocycles. The van der Waals surface area contributed by atoms with Crippen LogP contribution in [0.4, 0.5) is 4.39 Å². The van der Waals surface area contributed by atoms with Gasteiger partial charge in [0.25, 0.3) is 5.56 Å². The Labute approximate surface area is 331 Å². The number of hydrogen-bond donors (Lipinski definition) is 8. The van der Waals surface area contributed by atoms with Crippen LogP contribution in [-0.4, -0.2) is 95.6 Å². The molecule has 2 aliphatic heterocycles. The summed E-state index contributed by atoms with van der Waals surface area (Å²) in [4.78, 5) is 77.9. The number of carbonyl (C=O) groups excluding carboxylic acids is 5. The van der Waals surface area contributed by atoms with E-state index < -0.39 is 46.6 Å². The van der Waals surface area contributed by atoms with E-state index in [0.717, 1.165) is 0 Å². The van der Waals surface area contributed by atoms with E-state index in [1.807, 2.05) is 0 Å². The van der Waals surface area contributed by atoms with E-state index >= 15 is 0 Å². The van der Waals surface area contributed by atoms with Crippen molar-refractivity contribution in [1.82, 2.24) is 35.8 Å². The second-order valence-corrected chi connectivity index (χ2v) is 13.7. The van der Waals surface area contributed by atoms with Crippen LogP contribution in [0.5, 0.6) is 0 Å². The molecule has 0 radical (unpaired) electrons. The second-order valence-electron chi connectivity index (χ2n) is 13.7. The number of benzene rings is 1. The summed E-state index contributed by atoms with van der Waals surface area (Å²) in [5.74, 6) is 3.20. The molecule has 312 valence electrons. The van der Waals surface area contributed by atoms with Gasteiger partial charge in [-0.15, -0.1) is 0 Å². The number of allylic oxidation sites excluding steroid dienone is 1. The zero-order valence-electron chi connectivity index (χ0n) is 32.2. The number of esters is 1. The van der Waals surface area contributed by atoms with Crippen molar-refractivity contribution >= 4 is 40.5 Å². The van der Waals surface area contributed by atoms with Gasteiger partial charge < -0.3 is 61.6 Å². The average molecular weight is 812 g/mol. The number of quaternary nitrogens is 1. The number of hydrogen-bond acceptors (Lipinski definition) is 14. The zero-order valence-corrected chi connectivity index (χ0v) is 32.2. The van der Waals surface area contributed by atoms with Gasteiger partial charge in [0.15, 0.2) is 5.60 Å². The zero-order chi connectivity index (χ0) is 42.1. The first-order valence-electron chi connectivity index (χ1n) is 18.4. The number of fused-ring (bicyclic) bond motifs is 5. The number of pyridine rings is 2. The summed E-state index contributed by atoms with van der Waals surface area (Å²) in [7, 11) is 0. The van der Waals surface area contributed by atoms with Crippen LogP contribution in [-0.2, 0) is 63.5 Å². The Morgan fingerprint density at radius 1 is 1.05 bits per heavy atom. The van der Waals surface area contributed by atoms with E-state index in [4.69, 9.17) is 30.8 Å². The molecular formula is C37H48FN10O10+. The van der Waals surface area contributed by atoms with Crippen molar-refractivity contribution in [3.63, 3.8) is 0 Å². The van der Waals surface area contributed by atoms with Gasteiger partial charge in [-0.1, -0.05) is 6.92 Å². The highest BCUT2D eigenvalue weighted by Crippen LogP contribution is 2.40. The van der Waals surface area contributed by atoms with Gasteiger partial charge in [0.2, 0.25) is 23.6 Å². The summed E-state index contributed by atoms with van der Waals surface area (Å²) in [5, 5.41) is 23.1. The van der Waals surface area contributed by atoms with E-state index in [0.29, 0.717) is 64.1 Å². The fraction of sp³-hybridized carbons (Fsp3) is 0.432. The number of nitrogens with zero attached hydrogens (tertiary/aromatic N) is 3. The fourth-order valence-electron chi connectivity index (χ4n) is 6.51. The number of cyclic esters (lactones) is 1. The van der Waals surface area contributed by atoms with Crippen LogP contribution in [0.1, 0.15) is 54.0 Å². The van der Waals surface area contributed by atoms with Gasteiger partial charge in [-0.25, -0.2) is 20.0 Å². The molecule has 2 aromatic heterocycles. The number of amides is 4. The predicted molar refractivity (Wildman–Crippen MR) is 202 cm³/mol. The van der Waals surface area contributed by atoms with Gasteiger partial charge in [0.1, 0.15) is 44.8 Å². The van der Waals surface area contributed by atoms with Crippen LogP contribution >= 0.6 is 0 Å². The van der Waals surface area contributed by atoms with Crippen LogP contribution < -0.4 is 44.1 Å². The molecule has 5 rings (SSSR count). The van der Waals surface area contributed by atoms with E-state index in [-0.39, 0.29) is 77.0 Å². The highest BCUT2D eigenvalue weighted by molar-refractivity contribution is 5.90. The molecule has 20 nitrogen and oxygen atoms in total. The number of aryl methyl sites for hydroxylation is 1. The predicted octanol–water partition coefficient (Wildman–Crippen LogP) is -2.56. The largest absolute Gasteiger partial charge is 0.458 e. The number of aromatic nitrogens is 2. The number of nitrogens with two attached hydrogens (primary N) is 2. The summed E-state index contributed by atoms with van der Waals surface area (Å²) in [5.41, 5.74) is 10.7. The third kappa shape index (κ3) is 9.99. The second kappa shape index (κ2) is 19.1. The minimum atomic E-state index is -2.00. The highest BCUT2D eigenvalue weighted by Gasteiger charge is 2.45. The Morgan fingerprint density at radius 2 is 1.74 bits per heavy atom. The molecule has 58 heavy (non-hydrogen) atoms. The van der Waals surface area contributed by atoms with Crippen molar-refractivity contribution in [1.29, 1.82) is 0 Å². The molecule has 0 saturated carbocycles. The lowest BCUT2D eigenvalue weighted by Gasteiger charge is -2.31. The van der Waals surface area contributed by atoms with Crippen LogP contribution in [0.15, 0.2) is 34.9 Å². The summed E-state index contributed by atoms with van der Waals surface area (Å²) < 4.78 is 31.6. The molecule has 0 unspecified atom stereocenters. The van der Waals surface area contributed by atoms with E-state index in [1.165, 1.54) is 15.6 Å². The molecule has 0 fully saturated rings. The van der Waals surface area contributed by atoms with Crippen LogP contribution in [0.25, 0.3) is 22.3 Å². The summed E-state index contributed by atoms with van der Waals surface area (Å²) in [6.07, 6.45) is 2.62. The van der Waals surface area contributed by atoms with Crippen molar-refractivity contribution in [3.8, 4) is 11.4 Å². The lowest BCUT2D eigenvalue weighted by atomic mass is 9.86. The first kappa shape index (κ1) is 43.3. The number of nitrogens with one attached hydrogen (secondary N) is 4. The standard InChI is InChI=1S/C37H47FN10O10/c1-3-37(55)26-8-29-34-24(14-48(29)35(53)25(26)15-58-36(37)54)23(22-7-20(2)27(38)9-28(22)46-34)13-47(41)12-21(40)5-4-6-42-32(51)16-56-19-45-31(50)11-43-33(52)17-57-18-44-30(49)10-39/h7-9,12,55H,3-6,10-11,13-19,39-41H2,1-2H3,(H,42,51)(H,43,52)(H,44,49)(H,45,50)/p+1/b21-12-/t37-/m0/s1. The first-order chi connectivity index (χ1) is 27.7. The lowest BCUT2D eigenvalue weighted by molar-refractivity contribution is -0.308. The molecule has 1 aromatic carbocycles. The number of aliphatic hydroxyl groups is 1. The van der Waals surface area contributed by atoms with E-state index in [9.17, 15) is 38.3 Å². The topological polar surface area (TPSA) is 299 Å². The quantitative estimate of drug-likeness (QED) is 0.0159. The lowest BCUT2D eigenvalue weighted by Crippen LogP contribution is -2.49. The molecule has 21 heteroatoms. The fourth-order valence-corrected chi connectivity index (χ4v) is 6.51. The Balaban J connectivity index is 1.12. The van der Waals surface area contributed by atoms with Crippen LogP contribution in [0.3, 0.4) is 0 Å². The van der Waals surface area contributed by atoms with Gasteiger partial charge in [0.05, 0.1) is 54.8 Å². The summed E-state index contributed by atoms with van der Waals surface area (Å²) in [6, 6.07) is 4.60. The van der Waals surface area contributed by atoms with Crippen molar-refractivity contribution in [2.45, 2.75) is 58.4 Å². The minimum absolute atomic E-state index is 0.00953. The molecule has 12 N–H and O–H groups in total. The molecule has 0 spiro atoms. The molecule has 0 saturated heterocycles.